The second-order valence-electron chi connectivity index (χ2n) is 6.00. The Morgan fingerprint density at radius 2 is 1.79 bits per heavy atom. The minimum atomic E-state index is -3.82. The molecular formula is C20H15ClN4O3S. The molecule has 9 heteroatoms. The van der Waals surface area contributed by atoms with Crippen LogP contribution in [-0.4, -0.2) is 24.4 Å². The molecule has 0 saturated heterocycles. The number of hydrazone groups is 1. The van der Waals surface area contributed by atoms with Gasteiger partial charge in [0.15, 0.2) is 5.76 Å². The van der Waals surface area contributed by atoms with Gasteiger partial charge in [-0.3, -0.25) is 0 Å². The molecule has 0 spiro atoms. The van der Waals surface area contributed by atoms with Crippen LogP contribution >= 0.6 is 11.6 Å². The average Bonchev–Trinajstić information content (AvgIpc) is 3.39. The number of nitrogens with zero attached hydrogens (tertiary/aromatic N) is 3. The Bertz CT molecular complexity index is 1230. The molecule has 0 radical (unpaired) electrons. The lowest BCUT2D eigenvalue weighted by atomic mass is 10.2. The Labute approximate surface area is 172 Å². The highest BCUT2D eigenvalue weighted by Gasteiger charge is 2.15. The first kappa shape index (κ1) is 19.0. The first-order valence-electron chi connectivity index (χ1n) is 8.52. The molecule has 0 aliphatic rings. The topological polar surface area (TPSA) is 89.5 Å². The van der Waals surface area contributed by atoms with E-state index in [1.165, 1.54) is 30.5 Å². The zero-order chi connectivity index (χ0) is 20.3. The van der Waals surface area contributed by atoms with Gasteiger partial charge in [-0.15, -0.1) is 0 Å². The molecule has 29 heavy (non-hydrogen) atoms. The van der Waals surface area contributed by atoms with Crippen molar-refractivity contribution in [3.05, 3.63) is 89.8 Å². The summed E-state index contributed by atoms with van der Waals surface area (Å²) in [6.07, 6.45) is 4.67. The second kappa shape index (κ2) is 7.94. The number of hydrogen-bond donors (Lipinski definition) is 1. The van der Waals surface area contributed by atoms with E-state index in [0.29, 0.717) is 22.0 Å². The van der Waals surface area contributed by atoms with Crippen molar-refractivity contribution in [1.82, 2.24) is 14.6 Å². The quantitative estimate of drug-likeness (QED) is 0.371. The predicted octanol–water partition coefficient (Wildman–Crippen LogP) is 4.10. The minimum Gasteiger partial charge on any atom is -0.463 e. The van der Waals surface area contributed by atoms with E-state index in [9.17, 15) is 8.42 Å². The molecule has 0 amide bonds. The van der Waals surface area contributed by atoms with Crippen molar-refractivity contribution < 1.29 is 12.8 Å². The van der Waals surface area contributed by atoms with E-state index in [0.717, 1.165) is 5.69 Å². The smallest absolute Gasteiger partial charge is 0.276 e. The van der Waals surface area contributed by atoms with Crippen LogP contribution in [0.5, 0.6) is 0 Å². The van der Waals surface area contributed by atoms with Crippen molar-refractivity contribution in [2.24, 2.45) is 5.10 Å². The van der Waals surface area contributed by atoms with E-state index in [4.69, 9.17) is 16.0 Å². The van der Waals surface area contributed by atoms with Crippen molar-refractivity contribution >= 4 is 27.8 Å². The summed E-state index contributed by atoms with van der Waals surface area (Å²) in [4.78, 5) is 2.26. The maximum Gasteiger partial charge on any atom is 0.276 e. The van der Waals surface area contributed by atoms with Crippen LogP contribution in [0.15, 0.2) is 93.6 Å². The highest BCUT2D eigenvalue weighted by Crippen LogP contribution is 2.23. The van der Waals surface area contributed by atoms with E-state index in [2.05, 4.69) is 15.0 Å². The van der Waals surface area contributed by atoms with E-state index in [1.807, 2.05) is 30.3 Å². The molecule has 2 aromatic heterocycles. The standard InChI is InChI=1S/C20H15ClN4O3S/c21-16-8-10-18(11-9-16)29(26,27)24-22-13-15-14-25(17-5-2-1-3-6-17)23-20(15)19-7-4-12-28-19/h1-14,24H/b22-13-. The summed E-state index contributed by atoms with van der Waals surface area (Å²) >= 11 is 5.80. The van der Waals surface area contributed by atoms with Gasteiger partial charge in [0, 0.05) is 16.8 Å². The minimum absolute atomic E-state index is 0.0605. The molecule has 0 fully saturated rings. The summed E-state index contributed by atoms with van der Waals surface area (Å²) < 4.78 is 31.9. The van der Waals surface area contributed by atoms with Crippen LogP contribution in [0.2, 0.25) is 5.02 Å². The van der Waals surface area contributed by atoms with Crippen LogP contribution in [0.3, 0.4) is 0 Å². The van der Waals surface area contributed by atoms with Crippen LogP contribution in [0, 0.1) is 0 Å². The Balaban J connectivity index is 1.64. The first-order chi connectivity index (χ1) is 14.0. The third kappa shape index (κ3) is 4.23. The molecule has 4 rings (SSSR count). The van der Waals surface area contributed by atoms with Crippen LogP contribution in [-0.2, 0) is 10.0 Å². The van der Waals surface area contributed by atoms with E-state index in [-0.39, 0.29) is 4.90 Å². The van der Waals surface area contributed by atoms with E-state index in [1.54, 1.807) is 29.3 Å². The van der Waals surface area contributed by atoms with Crippen molar-refractivity contribution in [2.45, 2.75) is 4.90 Å². The number of hydrogen-bond acceptors (Lipinski definition) is 5. The summed E-state index contributed by atoms with van der Waals surface area (Å²) in [5.41, 5.74) is 1.97. The van der Waals surface area contributed by atoms with Crippen molar-refractivity contribution in [1.29, 1.82) is 0 Å². The predicted molar refractivity (Wildman–Crippen MR) is 111 cm³/mol. The van der Waals surface area contributed by atoms with Crippen molar-refractivity contribution in [3.63, 3.8) is 0 Å². The van der Waals surface area contributed by atoms with Gasteiger partial charge >= 0.3 is 0 Å². The number of para-hydroxylation sites is 1. The zero-order valence-electron chi connectivity index (χ0n) is 14.9. The highest BCUT2D eigenvalue weighted by molar-refractivity contribution is 7.89. The number of rotatable bonds is 6. The Morgan fingerprint density at radius 3 is 2.48 bits per heavy atom. The monoisotopic (exact) mass is 426 g/mol. The molecular weight excluding hydrogens is 412 g/mol. The van der Waals surface area contributed by atoms with Gasteiger partial charge in [0.1, 0.15) is 5.69 Å². The molecule has 0 atom stereocenters. The molecule has 0 aliphatic heterocycles. The first-order valence-corrected chi connectivity index (χ1v) is 10.4. The van der Waals surface area contributed by atoms with Gasteiger partial charge in [0.2, 0.25) is 0 Å². The van der Waals surface area contributed by atoms with Crippen LogP contribution < -0.4 is 4.83 Å². The molecule has 0 aliphatic carbocycles. The molecule has 7 nitrogen and oxygen atoms in total. The lowest BCUT2D eigenvalue weighted by Crippen LogP contribution is -2.18. The van der Waals surface area contributed by atoms with Crippen LogP contribution in [0.25, 0.3) is 17.1 Å². The summed E-state index contributed by atoms with van der Waals surface area (Å²) in [6, 6.07) is 18.9. The molecule has 2 aromatic carbocycles. The summed E-state index contributed by atoms with van der Waals surface area (Å²) in [6.45, 7) is 0. The number of nitrogens with one attached hydrogen (secondary N) is 1. The number of furan rings is 1. The number of aromatic nitrogens is 2. The maximum atomic E-state index is 12.4. The van der Waals surface area contributed by atoms with Gasteiger partial charge in [-0.2, -0.15) is 18.6 Å². The molecule has 0 saturated carbocycles. The van der Waals surface area contributed by atoms with Gasteiger partial charge in [-0.1, -0.05) is 29.8 Å². The van der Waals surface area contributed by atoms with Crippen molar-refractivity contribution in [2.75, 3.05) is 0 Å². The lowest BCUT2D eigenvalue weighted by molar-refractivity contribution is 0.579. The van der Waals surface area contributed by atoms with Crippen molar-refractivity contribution in [3.8, 4) is 17.1 Å². The average molecular weight is 427 g/mol. The second-order valence-corrected chi connectivity index (χ2v) is 8.09. The maximum absolute atomic E-state index is 12.4. The molecule has 0 unspecified atom stereocenters. The number of benzene rings is 2. The zero-order valence-corrected chi connectivity index (χ0v) is 16.5. The van der Waals surface area contributed by atoms with Crippen LogP contribution in [0.4, 0.5) is 0 Å². The summed E-state index contributed by atoms with van der Waals surface area (Å²) in [5.74, 6) is 0.543. The third-order valence-corrected chi connectivity index (χ3v) is 5.51. The third-order valence-electron chi connectivity index (χ3n) is 4.02. The number of halogens is 1. The highest BCUT2D eigenvalue weighted by atomic mass is 35.5. The molecule has 0 bridgehead atoms. The Hall–Kier alpha value is -3.36. The molecule has 146 valence electrons. The van der Waals surface area contributed by atoms with Gasteiger partial charge in [0.05, 0.1) is 23.1 Å². The molecule has 1 N–H and O–H groups in total. The molecule has 2 heterocycles. The Morgan fingerprint density at radius 1 is 1.03 bits per heavy atom. The van der Waals surface area contributed by atoms with Gasteiger partial charge in [0.25, 0.3) is 10.0 Å². The molecule has 4 aromatic rings. The summed E-state index contributed by atoms with van der Waals surface area (Å²) in [5, 5.41) is 8.89. The van der Waals surface area contributed by atoms with Gasteiger partial charge in [-0.05, 0) is 48.5 Å². The SMILES string of the molecule is O=S(=O)(N/N=C\c1cn(-c2ccccc2)nc1-c1ccco1)c1ccc(Cl)cc1. The lowest BCUT2D eigenvalue weighted by Gasteiger charge is -2.02. The fourth-order valence-electron chi connectivity index (χ4n) is 2.63. The fourth-order valence-corrected chi connectivity index (χ4v) is 3.55. The Kier molecular flexibility index (Phi) is 5.20. The number of sulfonamides is 1. The summed E-state index contributed by atoms with van der Waals surface area (Å²) in [7, 11) is -3.82. The van der Waals surface area contributed by atoms with Gasteiger partial charge in [-0.25, -0.2) is 9.51 Å². The van der Waals surface area contributed by atoms with Crippen LogP contribution in [0.1, 0.15) is 5.56 Å². The van der Waals surface area contributed by atoms with Gasteiger partial charge < -0.3 is 4.42 Å². The normalized spacial score (nSPS) is 11.8. The largest absolute Gasteiger partial charge is 0.463 e. The fraction of sp³-hybridized carbons (Fsp3) is 0. The van der Waals surface area contributed by atoms with E-state index < -0.39 is 10.0 Å². The van der Waals surface area contributed by atoms with E-state index >= 15 is 0 Å².